The highest BCUT2D eigenvalue weighted by Gasteiger charge is 2.27. The first-order valence-electron chi connectivity index (χ1n) is 15.5. The summed E-state index contributed by atoms with van der Waals surface area (Å²) in [5.74, 6) is -1.94. The van der Waals surface area contributed by atoms with Crippen LogP contribution in [0.4, 0.5) is 5.69 Å². The van der Waals surface area contributed by atoms with E-state index in [4.69, 9.17) is 0 Å². The van der Waals surface area contributed by atoms with Crippen molar-refractivity contribution in [1.29, 1.82) is 5.26 Å². The highest BCUT2D eigenvalue weighted by atomic mass is 32.2. The molecule has 0 bridgehead atoms. The zero-order chi connectivity index (χ0) is 35.3. The van der Waals surface area contributed by atoms with Gasteiger partial charge in [0, 0.05) is 43.7 Å². The van der Waals surface area contributed by atoms with Crippen molar-refractivity contribution in [2.24, 2.45) is 5.92 Å². The van der Waals surface area contributed by atoms with Gasteiger partial charge in [-0.05, 0) is 56.9 Å². The second kappa shape index (κ2) is 18.0. The lowest BCUT2D eigenvalue weighted by Crippen LogP contribution is -2.55. The van der Waals surface area contributed by atoms with Gasteiger partial charge in [-0.1, -0.05) is 44.2 Å². The van der Waals surface area contributed by atoms with Gasteiger partial charge in [0.05, 0.1) is 30.1 Å². The molecular weight excluding hydrogens is 622 g/mol. The van der Waals surface area contributed by atoms with Gasteiger partial charge in [0.1, 0.15) is 6.04 Å². The van der Waals surface area contributed by atoms with Crippen LogP contribution >= 0.6 is 0 Å². The predicted molar refractivity (Wildman–Crippen MR) is 181 cm³/mol. The molecule has 47 heavy (non-hydrogen) atoms. The average Bonchev–Trinajstić information content (AvgIpc) is 3.03. The predicted octanol–water partition coefficient (Wildman–Crippen LogP) is 2.23. The zero-order valence-electron chi connectivity index (χ0n) is 28.1. The zero-order valence-corrected chi connectivity index (χ0v) is 28.9. The van der Waals surface area contributed by atoms with Crippen LogP contribution in [-0.4, -0.2) is 76.6 Å². The Balaban J connectivity index is 2.27. The van der Waals surface area contributed by atoms with Crippen molar-refractivity contribution in [2.45, 2.75) is 71.6 Å². The molecule has 0 aliphatic carbocycles. The molecule has 0 unspecified atom stereocenters. The smallest absolute Gasteiger partial charge is 0.251 e. The van der Waals surface area contributed by atoms with E-state index in [0.717, 1.165) is 16.1 Å². The number of benzene rings is 2. The number of nitrogens with zero attached hydrogens (tertiary/aromatic N) is 2. The molecule has 0 aromatic heterocycles. The SMILES string of the molecule is CCNC(=O)[C@@H](NC(=O)[C@H](C)NC[C@H](CCC#N)NC(=O)c1cc(C(=O)N[C@H](C)c2ccccc2)cc(N(C)S(C)(=O)=O)c1)C(C)C. The molecule has 0 saturated carbocycles. The highest BCUT2D eigenvalue weighted by Crippen LogP contribution is 2.22. The number of rotatable bonds is 17. The van der Waals surface area contributed by atoms with Crippen LogP contribution in [-0.2, 0) is 19.6 Å². The van der Waals surface area contributed by atoms with Crippen LogP contribution in [0.25, 0.3) is 0 Å². The Labute approximate surface area is 277 Å². The van der Waals surface area contributed by atoms with E-state index in [1.165, 1.54) is 25.2 Å². The quantitative estimate of drug-likeness (QED) is 0.169. The minimum atomic E-state index is -3.73. The largest absolute Gasteiger partial charge is 0.355 e. The van der Waals surface area contributed by atoms with E-state index in [9.17, 15) is 32.9 Å². The van der Waals surface area contributed by atoms with E-state index in [1.54, 1.807) is 13.8 Å². The van der Waals surface area contributed by atoms with E-state index in [-0.39, 0.29) is 54.1 Å². The van der Waals surface area contributed by atoms with Gasteiger partial charge >= 0.3 is 0 Å². The molecule has 0 spiro atoms. The molecule has 0 aliphatic rings. The fourth-order valence-corrected chi connectivity index (χ4v) is 5.08. The summed E-state index contributed by atoms with van der Waals surface area (Å²) < 4.78 is 25.7. The van der Waals surface area contributed by atoms with E-state index in [2.05, 4.69) is 32.7 Å². The minimum absolute atomic E-state index is 0.0324. The van der Waals surface area contributed by atoms with E-state index in [0.29, 0.717) is 6.54 Å². The van der Waals surface area contributed by atoms with E-state index < -0.39 is 45.9 Å². The number of anilines is 1. The molecule has 4 amide bonds. The average molecular weight is 670 g/mol. The standard InChI is InChI=1S/C33H47N7O6S/c1-8-35-33(44)29(21(2)3)39-30(41)23(5)36-20-27(15-12-16-34)38-32(43)26-17-25(18-28(19-26)40(6)47(7,45)46)31(42)37-22(4)24-13-10-9-11-14-24/h9-11,13-14,17-19,21-23,27,29,36H,8,12,15,20H2,1-7H3,(H,35,44)(H,37,42)(H,38,43)(H,39,41)/t22-,23+,27+,29+/m1/s1. The number of hydrogen-bond acceptors (Lipinski definition) is 8. The van der Waals surface area contributed by atoms with Gasteiger partial charge in [-0.15, -0.1) is 0 Å². The van der Waals surface area contributed by atoms with Crippen molar-refractivity contribution in [2.75, 3.05) is 30.7 Å². The monoisotopic (exact) mass is 669 g/mol. The third-order valence-corrected chi connectivity index (χ3v) is 8.76. The van der Waals surface area contributed by atoms with Crippen LogP contribution in [0.3, 0.4) is 0 Å². The molecule has 0 aliphatic heterocycles. The maximum absolute atomic E-state index is 13.6. The fourth-order valence-electron chi connectivity index (χ4n) is 4.59. The molecule has 0 radical (unpaired) electrons. The van der Waals surface area contributed by atoms with Crippen molar-refractivity contribution in [1.82, 2.24) is 26.6 Å². The normalized spacial score (nSPS) is 13.8. The molecule has 13 nitrogen and oxygen atoms in total. The van der Waals surface area contributed by atoms with Gasteiger partial charge in [-0.3, -0.25) is 23.5 Å². The first kappa shape index (κ1) is 38.7. The number of carbonyl (C=O) groups is 4. The maximum Gasteiger partial charge on any atom is 0.251 e. The van der Waals surface area contributed by atoms with Gasteiger partial charge in [-0.2, -0.15) is 5.26 Å². The number of nitriles is 1. The Morgan fingerprint density at radius 2 is 1.49 bits per heavy atom. The number of nitrogens with one attached hydrogen (secondary N) is 5. The van der Waals surface area contributed by atoms with Gasteiger partial charge < -0.3 is 26.6 Å². The van der Waals surface area contributed by atoms with Crippen molar-refractivity contribution in [3.05, 3.63) is 65.2 Å². The molecule has 2 rings (SSSR count). The molecule has 2 aromatic carbocycles. The first-order valence-corrected chi connectivity index (χ1v) is 17.4. The Morgan fingerprint density at radius 1 is 0.894 bits per heavy atom. The lowest BCUT2D eigenvalue weighted by molar-refractivity contribution is -0.130. The number of carbonyl (C=O) groups excluding carboxylic acids is 4. The summed E-state index contributed by atoms with van der Waals surface area (Å²) >= 11 is 0. The van der Waals surface area contributed by atoms with Crippen LogP contribution in [0.15, 0.2) is 48.5 Å². The summed E-state index contributed by atoms with van der Waals surface area (Å²) in [6, 6.07) is 13.0. The molecule has 0 saturated heterocycles. The molecule has 0 fully saturated rings. The third kappa shape index (κ3) is 12.0. The van der Waals surface area contributed by atoms with Crippen molar-refractivity contribution >= 4 is 39.3 Å². The van der Waals surface area contributed by atoms with Crippen molar-refractivity contribution in [3.63, 3.8) is 0 Å². The highest BCUT2D eigenvalue weighted by molar-refractivity contribution is 7.92. The number of likely N-dealkylation sites (N-methyl/N-ethyl adjacent to an activating group) is 1. The molecule has 4 atom stereocenters. The number of hydrogen-bond donors (Lipinski definition) is 5. The minimum Gasteiger partial charge on any atom is -0.355 e. The molecule has 5 N–H and O–H groups in total. The topological polar surface area (TPSA) is 190 Å². The van der Waals surface area contributed by atoms with Gasteiger partial charge in [0.15, 0.2) is 0 Å². The Kier molecular flexibility index (Phi) is 14.8. The lowest BCUT2D eigenvalue weighted by Gasteiger charge is -2.25. The third-order valence-electron chi connectivity index (χ3n) is 7.55. The first-order chi connectivity index (χ1) is 22.1. The summed E-state index contributed by atoms with van der Waals surface area (Å²) in [6.45, 7) is 9.42. The number of amides is 4. The van der Waals surface area contributed by atoms with Gasteiger partial charge in [0.25, 0.3) is 11.8 Å². The van der Waals surface area contributed by atoms with Crippen LogP contribution in [0.5, 0.6) is 0 Å². The second-order valence-corrected chi connectivity index (χ2v) is 13.7. The summed E-state index contributed by atoms with van der Waals surface area (Å²) in [7, 11) is -2.41. The lowest BCUT2D eigenvalue weighted by atomic mass is 10.0. The molecule has 256 valence electrons. The summed E-state index contributed by atoms with van der Waals surface area (Å²) in [6.07, 6.45) is 1.38. The molecular formula is C33H47N7O6S. The Bertz CT molecular complexity index is 1540. The Morgan fingerprint density at radius 3 is 2.02 bits per heavy atom. The van der Waals surface area contributed by atoms with Gasteiger partial charge in [0.2, 0.25) is 21.8 Å². The fraction of sp³-hybridized carbons (Fsp3) is 0.485. The summed E-state index contributed by atoms with van der Waals surface area (Å²) in [5.41, 5.74) is 1.09. The number of sulfonamides is 1. The molecule has 0 heterocycles. The summed E-state index contributed by atoms with van der Waals surface area (Å²) in [5, 5.41) is 23.5. The summed E-state index contributed by atoms with van der Waals surface area (Å²) in [4.78, 5) is 52.2. The van der Waals surface area contributed by atoms with Crippen LogP contribution in [0.2, 0.25) is 0 Å². The maximum atomic E-state index is 13.6. The van der Waals surface area contributed by atoms with Crippen LogP contribution in [0.1, 0.15) is 79.8 Å². The Hall–Kier alpha value is -4.48. The van der Waals surface area contributed by atoms with E-state index >= 15 is 0 Å². The van der Waals surface area contributed by atoms with Crippen LogP contribution < -0.4 is 30.9 Å². The van der Waals surface area contributed by atoms with Crippen molar-refractivity contribution in [3.8, 4) is 6.07 Å². The van der Waals surface area contributed by atoms with Gasteiger partial charge in [-0.25, -0.2) is 8.42 Å². The molecule has 14 heteroatoms. The van der Waals surface area contributed by atoms with E-state index in [1.807, 2.05) is 51.1 Å². The molecule has 2 aromatic rings. The van der Waals surface area contributed by atoms with Crippen molar-refractivity contribution < 1.29 is 27.6 Å². The second-order valence-electron chi connectivity index (χ2n) is 11.7. The van der Waals surface area contributed by atoms with Crippen LogP contribution in [0, 0.1) is 17.2 Å².